The van der Waals surface area contributed by atoms with Gasteiger partial charge in [-0.05, 0) is 24.5 Å². The largest absolute Gasteiger partial charge is 0.478 e. The van der Waals surface area contributed by atoms with Crippen molar-refractivity contribution in [3.05, 3.63) is 29.8 Å². The van der Waals surface area contributed by atoms with Gasteiger partial charge in [0.05, 0.1) is 17.4 Å². The molecule has 1 saturated heterocycles. The number of para-hydroxylation sites is 1. The van der Waals surface area contributed by atoms with Gasteiger partial charge < -0.3 is 15.1 Å². The normalized spacial score (nSPS) is 24.7. The van der Waals surface area contributed by atoms with Crippen LogP contribution >= 0.6 is 0 Å². The van der Waals surface area contributed by atoms with Crippen LogP contribution < -0.4 is 4.90 Å². The summed E-state index contributed by atoms with van der Waals surface area (Å²) >= 11 is 0. The summed E-state index contributed by atoms with van der Waals surface area (Å²) in [6.45, 7) is 3.39. The zero-order chi connectivity index (χ0) is 12.4. The molecule has 0 amide bonds. The second-order valence-electron chi connectivity index (χ2n) is 4.60. The lowest BCUT2D eigenvalue weighted by Gasteiger charge is -2.36. The summed E-state index contributed by atoms with van der Waals surface area (Å²) in [6, 6.07) is 7.02. The fourth-order valence-electron chi connectivity index (χ4n) is 2.28. The van der Waals surface area contributed by atoms with Gasteiger partial charge in [-0.25, -0.2) is 4.79 Å². The van der Waals surface area contributed by atoms with Crippen LogP contribution in [0.4, 0.5) is 5.69 Å². The molecular formula is C13H17NO3. The molecule has 17 heavy (non-hydrogen) atoms. The number of aliphatic hydroxyl groups excluding tert-OH is 1. The van der Waals surface area contributed by atoms with Crippen molar-refractivity contribution in [2.45, 2.75) is 19.4 Å². The third-order valence-electron chi connectivity index (χ3n) is 3.34. The first-order chi connectivity index (χ1) is 8.09. The highest BCUT2D eigenvalue weighted by Crippen LogP contribution is 2.26. The highest BCUT2D eigenvalue weighted by atomic mass is 16.4. The number of nitrogens with zero attached hydrogens (tertiary/aromatic N) is 1. The van der Waals surface area contributed by atoms with Crippen molar-refractivity contribution in [3.8, 4) is 0 Å². The third-order valence-corrected chi connectivity index (χ3v) is 3.34. The second kappa shape index (κ2) is 4.75. The van der Waals surface area contributed by atoms with Gasteiger partial charge in [0.1, 0.15) is 0 Å². The zero-order valence-electron chi connectivity index (χ0n) is 9.84. The number of carboxylic acids is 1. The van der Waals surface area contributed by atoms with Crippen molar-refractivity contribution in [1.82, 2.24) is 0 Å². The smallest absolute Gasteiger partial charge is 0.337 e. The van der Waals surface area contributed by atoms with E-state index in [1.54, 1.807) is 12.1 Å². The average molecular weight is 235 g/mol. The standard InChI is InChI=1S/C13H17NO3/c1-9-8-14(7-6-12(9)15)11-5-3-2-4-10(11)13(16)17/h2-5,9,12,15H,6-8H2,1H3,(H,16,17)/t9-,12+/m1/s1. The average Bonchev–Trinajstić information content (AvgIpc) is 2.32. The molecule has 1 aromatic rings. The number of benzene rings is 1. The minimum atomic E-state index is -0.903. The Labute approximate surface area is 100 Å². The lowest BCUT2D eigenvalue weighted by atomic mass is 9.95. The van der Waals surface area contributed by atoms with E-state index in [0.29, 0.717) is 25.1 Å². The van der Waals surface area contributed by atoms with Gasteiger partial charge in [-0.3, -0.25) is 0 Å². The number of hydrogen-bond donors (Lipinski definition) is 2. The minimum Gasteiger partial charge on any atom is -0.478 e. The van der Waals surface area contributed by atoms with Crippen LogP contribution in [0.5, 0.6) is 0 Å². The highest BCUT2D eigenvalue weighted by Gasteiger charge is 2.26. The molecule has 0 unspecified atom stereocenters. The van der Waals surface area contributed by atoms with Crippen LogP contribution in [0.25, 0.3) is 0 Å². The number of piperidine rings is 1. The van der Waals surface area contributed by atoms with Crippen LogP contribution in [-0.2, 0) is 0 Å². The van der Waals surface area contributed by atoms with Gasteiger partial charge in [-0.2, -0.15) is 0 Å². The number of carboxylic acid groups (broad SMARTS) is 1. The molecule has 2 atom stereocenters. The number of carbonyl (C=O) groups is 1. The maximum absolute atomic E-state index is 11.1. The van der Waals surface area contributed by atoms with Crippen LogP contribution in [0.15, 0.2) is 24.3 Å². The Kier molecular flexibility index (Phi) is 3.33. The van der Waals surface area contributed by atoms with E-state index >= 15 is 0 Å². The van der Waals surface area contributed by atoms with E-state index in [2.05, 4.69) is 0 Å². The Balaban J connectivity index is 2.25. The van der Waals surface area contributed by atoms with Crippen LogP contribution in [0, 0.1) is 5.92 Å². The van der Waals surface area contributed by atoms with Crippen molar-refractivity contribution >= 4 is 11.7 Å². The first kappa shape index (κ1) is 11.9. The molecule has 2 N–H and O–H groups in total. The first-order valence-corrected chi connectivity index (χ1v) is 5.85. The molecule has 0 bridgehead atoms. The fourth-order valence-corrected chi connectivity index (χ4v) is 2.28. The van der Waals surface area contributed by atoms with Crippen molar-refractivity contribution in [2.24, 2.45) is 5.92 Å². The van der Waals surface area contributed by atoms with E-state index in [-0.39, 0.29) is 12.0 Å². The van der Waals surface area contributed by atoms with Crippen molar-refractivity contribution in [1.29, 1.82) is 0 Å². The van der Waals surface area contributed by atoms with E-state index in [1.165, 1.54) is 0 Å². The lowest BCUT2D eigenvalue weighted by molar-refractivity contribution is 0.0696. The summed E-state index contributed by atoms with van der Waals surface area (Å²) in [5, 5.41) is 18.8. The Morgan fingerprint density at radius 3 is 2.76 bits per heavy atom. The molecule has 4 heteroatoms. The molecule has 0 radical (unpaired) electrons. The van der Waals surface area contributed by atoms with E-state index in [9.17, 15) is 9.90 Å². The number of anilines is 1. The molecule has 1 aliphatic rings. The summed E-state index contributed by atoms with van der Waals surface area (Å²) in [5.74, 6) is -0.732. The number of aliphatic hydroxyl groups is 1. The maximum Gasteiger partial charge on any atom is 0.337 e. The molecule has 1 aliphatic heterocycles. The molecule has 0 aromatic heterocycles. The molecule has 0 saturated carbocycles. The quantitative estimate of drug-likeness (QED) is 0.817. The fraction of sp³-hybridized carbons (Fsp3) is 0.462. The highest BCUT2D eigenvalue weighted by molar-refractivity contribution is 5.94. The Morgan fingerprint density at radius 2 is 2.12 bits per heavy atom. The summed E-state index contributed by atoms with van der Waals surface area (Å²) in [5.41, 5.74) is 1.08. The molecule has 0 spiro atoms. The molecular weight excluding hydrogens is 218 g/mol. The van der Waals surface area contributed by atoms with Gasteiger partial charge in [0.15, 0.2) is 0 Å². The zero-order valence-corrected chi connectivity index (χ0v) is 9.84. The number of aromatic carboxylic acids is 1. The summed E-state index contributed by atoms with van der Waals surface area (Å²) in [7, 11) is 0. The molecule has 92 valence electrons. The predicted octanol–water partition coefficient (Wildman–Crippen LogP) is 1.59. The Morgan fingerprint density at radius 1 is 1.41 bits per heavy atom. The lowest BCUT2D eigenvalue weighted by Crippen LogP contribution is -2.42. The monoisotopic (exact) mass is 235 g/mol. The summed E-state index contributed by atoms with van der Waals surface area (Å²) < 4.78 is 0. The van der Waals surface area contributed by atoms with E-state index < -0.39 is 5.97 Å². The number of rotatable bonds is 2. The molecule has 1 aromatic carbocycles. The van der Waals surface area contributed by atoms with Gasteiger partial charge in [-0.15, -0.1) is 0 Å². The van der Waals surface area contributed by atoms with Crippen LogP contribution in [0.3, 0.4) is 0 Å². The van der Waals surface area contributed by atoms with Crippen LogP contribution in [-0.4, -0.2) is 35.4 Å². The van der Waals surface area contributed by atoms with Gasteiger partial charge in [0.25, 0.3) is 0 Å². The molecule has 4 nitrogen and oxygen atoms in total. The predicted molar refractivity (Wildman–Crippen MR) is 65.4 cm³/mol. The van der Waals surface area contributed by atoms with E-state index in [1.807, 2.05) is 24.0 Å². The maximum atomic E-state index is 11.1. The SMILES string of the molecule is C[C@@H]1CN(c2ccccc2C(=O)O)CC[C@@H]1O. The summed E-state index contributed by atoms with van der Waals surface area (Å²) in [6.07, 6.45) is 0.415. The van der Waals surface area contributed by atoms with Crippen molar-refractivity contribution < 1.29 is 15.0 Å². The van der Waals surface area contributed by atoms with Gasteiger partial charge in [0, 0.05) is 13.1 Å². The van der Waals surface area contributed by atoms with Crippen LogP contribution in [0.2, 0.25) is 0 Å². The molecule has 1 fully saturated rings. The number of hydrogen-bond acceptors (Lipinski definition) is 3. The van der Waals surface area contributed by atoms with Crippen molar-refractivity contribution in [2.75, 3.05) is 18.0 Å². The van der Waals surface area contributed by atoms with Gasteiger partial charge >= 0.3 is 5.97 Å². The second-order valence-corrected chi connectivity index (χ2v) is 4.60. The molecule has 1 heterocycles. The van der Waals surface area contributed by atoms with Gasteiger partial charge in [0.2, 0.25) is 0 Å². The van der Waals surface area contributed by atoms with E-state index in [0.717, 1.165) is 5.69 Å². The Bertz CT molecular complexity index is 419. The van der Waals surface area contributed by atoms with E-state index in [4.69, 9.17) is 5.11 Å². The topological polar surface area (TPSA) is 60.8 Å². The first-order valence-electron chi connectivity index (χ1n) is 5.85. The molecule has 0 aliphatic carbocycles. The minimum absolute atomic E-state index is 0.172. The summed E-state index contributed by atoms with van der Waals surface area (Å²) in [4.78, 5) is 13.2. The van der Waals surface area contributed by atoms with Crippen molar-refractivity contribution in [3.63, 3.8) is 0 Å². The van der Waals surface area contributed by atoms with Gasteiger partial charge in [-0.1, -0.05) is 19.1 Å². The Hall–Kier alpha value is -1.55. The third kappa shape index (κ3) is 2.42. The molecule has 2 rings (SSSR count). The van der Waals surface area contributed by atoms with Crippen LogP contribution in [0.1, 0.15) is 23.7 Å².